The number of para-hydroxylation sites is 1. The topological polar surface area (TPSA) is 104 Å². The Kier molecular flexibility index (Phi) is 6.12. The van der Waals surface area contributed by atoms with E-state index in [1.165, 1.54) is 0 Å². The van der Waals surface area contributed by atoms with E-state index < -0.39 is 0 Å². The predicted molar refractivity (Wildman–Crippen MR) is 131 cm³/mol. The highest BCUT2D eigenvalue weighted by Crippen LogP contribution is 2.24. The van der Waals surface area contributed by atoms with Gasteiger partial charge < -0.3 is 14.9 Å². The molecule has 0 spiro atoms. The Morgan fingerprint density at radius 2 is 1.71 bits per heavy atom. The highest BCUT2D eigenvalue weighted by molar-refractivity contribution is 5.77. The second-order valence-electron chi connectivity index (χ2n) is 8.74. The van der Waals surface area contributed by atoms with Gasteiger partial charge in [-0.2, -0.15) is 0 Å². The van der Waals surface area contributed by atoms with Gasteiger partial charge in [-0.05, 0) is 37.0 Å². The van der Waals surface area contributed by atoms with Gasteiger partial charge in [0.15, 0.2) is 0 Å². The molecular weight excluding hydrogens is 430 g/mol. The number of rotatable bonds is 6. The molecule has 0 radical (unpaired) electrons. The molecule has 2 N–H and O–H groups in total. The number of hydrogen-bond acceptors (Lipinski definition) is 4. The Balaban J connectivity index is 1.14. The lowest BCUT2D eigenvalue weighted by Crippen LogP contribution is -2.40. The molecule has 0 unspecified atom stereocenters. The predicted octanol–water partition coefficient (Wildman–Crippen LogP) is 3.27. The van der Waals surface area contributed by atoms with Crippen molar-refractivity contribution in [2.24, 2.45) is 0 Å². The molecule has 2 aromatic carbocycles. The average Bonchev–Trinajstić information content (AvgIpc) is 3.26. The van der Waals surface area contributed by atoms with E-state index in [0.717, 1.165) is 24.1 Å². The molecule has 1 saturated heterocycles. The molecule has 1 aliphatic heterocycles. The Labute approximate surface area is 196 Å². The van der Waals surface area contributed by atoms with Crippen LogP contribution < -0.4 is 11.2 Å². The van der Waals surface area contributed by atoms with Crippen molar-refractivity contribution < 1.29 is 4.79 Å². The van der Waals surface area contributed by atoms with Gasteiger partial charge in [0, 0.05) is 38.2 Å². The van der Waals surface area contributed by atoms with Crippen molar-refractivity contribution in [2.75, 3.05) is 13.1 Å². The van der Waals surface area contributed by atoms with Crippen LogP contribution in [0.15, 0.2) is 70.4 Å². The van der Waals surface area contributed by atoms with Crippen LogP contribution >= 0.6 is 0 Å². The molecule has 5 rings (SSSR count). The van der Waals surface area contributed by atoms with E-state index in [4.69, 9.17) is 0 Å². The number of H-pyrrole nitrogens is 2. The fourth-order valence-electron chi connectivity index (χ4n) is 4.66. The van der Waals surface area contributed by atoms with Crippen LogP contribution in [0.3, 0.4) is 0 Å². The molecule has 0 atom stereocenters. The number of benzene rings is 2. The number of nitrogens with one attached hydrogen (secondary N) is 2. The summed E-state index contributed by atoms with van der Waals surface area (Å²) in [5, 5.41) is 0.572. The zero-order chi connectivity index (χ0) is 23.5. The van der Waals surface area contributed by atoms with Crippen molar-refractivity contribution in [2.45, 2.75) is 38.1 Å². The molecule has 0 aliphatic carbocycles. The van der Waals surface area contributed by atoms with Crippen LogP contribution in [0.25, 0.3) is 22.2 Å². The largest absolute Gasteiger partial charge is 0.343 e. The molecule has 8 nitrogen and oxygen atoms in total. The van der Waals surface area contributed by atoms with E-state index in [-0.39, 0.29) is 23.2 Å². The first kappa shape index (κ1) is 21.9. The number of amides is 1. The number of likely N-dealkylation sites (tertiary alicyclic amines) is 1. The molecule has 0 saturated carbocycles. The van der Waals surface area contributed by atoms with Crippen molar-refractivity contribution in [1.29, 1.82) is 0 Å². The van der Waals surface area contributed by atoms with E-state index in [0.29, 0.717) is 49.1 Å². The van der Waals surface area contributed by atoms with Gasteiger partial charge in [0.25, 0.3) is 5.56 Å². The molecule has 1 fully saturated rings. The first-order valence-electron chi connectivity index (χ1n) is 11.7. The zero-order valence-corrected chi connectivity index (χ0v) is 18.9. The Bertz CT molecular complexity index is 1410. The van der Waals surface area contributed by atoms with Crippen LogP contribution in [0, 0.1) is 0 Å². The number of aromatic amines is 2. The standard InChI is InChI=1S/C26H27N5O3/c32-24(12-6-11-23-27-21-10-5-4-9-20(21)25(33)29-23)30-15-13-19(14-16-30)31-17-22(28-26(31)34)18-7-2-1-3-8-18/h1-5,7-10,17,19H,6,11-16H2,(H,28,34)(H,27,29,33). The van der Waals surface area contributed by atoms with E-state index in [2.05, 4.69) is 15.0 Å². The van der Waals surface area contributed by atoms with Crippen molar-refractivity contribution in [3.63, 3.8) is 0 Å². The van der Waals surface area contributed by atoms with Crippen molar-refractivity contribution in [3.8, 4) is 11.3 Å². The van der Waals surface area contributed by atoms with Crippen molar-refractivity contribution >= 4 is 16.8 Å². The summed E-state index contributed by atoms with van der Waals surface area (Å²) in [4.78, 5) is 49.6. The third-order valence-corrected chi connectivity index (χ3v) is 6.51. The first-order valence-corrected chi connectivity index (χ1v) is 11.7. The summed E-state index contributed by atoms with van der Waals surface area (Å²) in [5.74, 6) is 0.712. The molecule has 174 valence electrons. The third-order valence-electron chi connectivity index (χ3n) is 6.51. The maximum atomic E-state index is 12.7. The molecule has 3 heterocycles. The van der Waals surface area contributed by atoms with Gasteiger partial charge in [-0.1, -0.05) is 42.5 Å². The second-order valence-corrected chi connectivity index (χ2v) is 8.74. The summed E-state index contributed by atoms with van der Waals surface area (Å²) in [7, 11) is 0. The molecular formula is C26H27N5O3. The summed E-state index contributed by atoms with van der Waals surface area (Å²) < 4.78 is 1.77. The lowest BCUT2D eigenvalue weighted by molar-refractivity contribution is -0.132. The number of hydrogen-bond donors (Lipinski definition) is 2. The van der Waals surface area contributed by atoms with Gasteiger partial charge in [-0.3, -0.25) is 14.2 Å². The number of piperidine rings is 1. The highest BCUT2D eigenvalue weighted by atomic mass is 16.2. The summed E-state index contributed by atoms with van der Waals surface area (Å²) in [6, 6.07) is 17.1. The van der Waals surface area contributed by atoms with Gasteiger partial charge in [0.2, 0.25) is 5.91 Å². The van der Waals surface area contributed by atoms with Gasteiger partial charge in [-0.15, -0.1) is 0 Å². The van der Waals surface area contributed by atoms with Crippen LogP contribution in [0.4, 0.5) is 0 Å². The number of imidazole rings is 1. The average molecular weight is 458 g/mol. The molecule has 34 heavy (non-hydrogen) atoms. The first-order chi connectivity index (χ1) is 16.6. The number of aromatic nitrogens is 4. The molecule has 1 amide bonds. The van der Waals surface area contributed by atoms with E-state index >= 15 is 0 Å². The molecule has 8 heteroatoms. The van der Waals surface area contributed by atoms with Gasteiger partial charge in [0.1, 0.15) is 5.82 Å². The Hall–Kier alpha value is -3.94. The minimum absolute atomic E-state index is 0.0807. The zero-order valence-electron chi connectivity index (χ0n) is 18.9. The monoisotopic (exact) mass is 457 g/mol. The van der Waals surface area contributed by atoms with Gasteiger partial charge >= 0.3 is 5.69 Å². The lowest BCUT2D eigenvalue weighted by atomic mass is 10.0. The van der Waals surface area contributed by atoms with E-state index in [1.54, 1.807) is 10.6 Å². The van der Waals surface area contributed by atoms with Crippen LogP contribution in [-0.2, 0) is 11.2 Å². The number of carbonyl (C=O) groups is 1. The van der Waals surface area contributed by atoms with E-state index in [9.17, 15) is 14.4 Å². The highest BCUT2D eigenvalue weighted by Gasteiger charge is 2.25. The van der Waals surface area contributed by atoms with Crippen LogP contribution in [-0.4, -0.2) is 43.4 Å². The smallest absolute Gasteiger partial charge is 0.326 e. The van der Waals surface area contributed by atoms with Crippen LogP contribution in [0.5, 0.6) is 0 Å². The number of aryl methyl sites for hydroxylation is 1. The minimum Gasteiger partial charge on any atom is -0.343 e. The Morgan fingerprint density at radius 1 is 0.971 bits per heavy atom. The number of fused-ring (bicyclic) bond motifs is 1. The number of nitrogens with zero attached hydrogens (tertiary/aromatic N) is 3. The normalized spacial score (nSPS) is 14.5. The summed E-state index contributed by atoms with van der Waals surface area (Å²) >= 11 is 0. The van der Waals surface area contributed by atoms with Crippen molar-refractivity contribution in [3.05, 3.63) is 87.5 Å². The maximum absolute atomic E-state index is 12.7. The lowest BCUT2D eigenvalue weighted by Gasteiger charge is -2.32. The third kappa shape index (κ3) is 4.57. The summed E-state index contributed by atoms with van der Waals surface area (Å²) in [6.07, 6.45) is 4.95. The summed E-state index contributed by atoms with van der Waals surface area (Å²) in [5.41, 5.74) is 2.20. The van der Waals surface area contributed by atoms with Crippen LogP contribution in [0.1, 0.15) is 37.5 Å². The molecule has 0 bridgehead atoms. The molecule has 2 aromatic heterocycles. The minimum atomic E-state index is -0.149. The Morgan fingerprint density at radius 3 is 2.50 bits per heavy atom. The van der Waals surface area contributed by atoms with Gasteiger partial charge in [-0.25, -0.2) is 9.78 Å². The quantitative estimate of drug-likeness (QED) is 0.464. The fraction of sp³-hybridized carbons (Fsp3) is 0.308. The van der Waals surface area contributed by atoms with Gasteiger partial charge in [0.05, 0.1) is 16.6 Å². The molecule has 4 aromatic rings. The molecule has 1 aliphatic rings. The summed E-state index contributed by atoms with van der Waals surface area (Å²) in [6.45, 7) is 1.26. The SMILES string of the molecule is O=C(CCCc1nc2ccccc2c(=O)[nH]1)N1CCC(n2cc(-c3ccccc3)[nH]c2=O)CC1. The second kappa shape index (κ2) is 9.51. The fourth-order valence-corrected chi connectivity index (χ4v) is 4.66. The van der Waals surface area contributed by atoms with Crippen molar-refractivity contribution in [1.82, 2.24) is 24.4 Å². The van der Waals surface area contributed by atoms with Crippen LogP contribution in [0.2, 0.25) is 0 Å². The van der Waals surface area contributed by atoms with E-state index in [1.807, 2.05) is 59.6 Å². The number of carbonyl (C=O) groups excluding carboxylic acids is 1. The maximum Gasteiger partial charge on any atom is 0.326 e.